The Balaban J connectivity index is 2.28. The van der Waals surface area contributed by atoms with Crippen LogP contribution < -0.4 is 11.1 Å². The maximum atomic E-state index is 12.2. The molecule has 1 amide bonds. The van der Waals surface area contributed by atoms with Gasteiger partial charge >= 0.3 is 0 Å². The van der Waals surface area contributed by atoms with Gasteiger partial charge in [-0.25, -0.2) is 0 Å². The van der Waals surface area contributed by atoms with Gasteiger partial charge in [-0.1, -0.05) is 18.2 Å². The number of amides is 1. The lowest BCUT2D eigenvalue weighted by Gasteiger charge is -2.09. The fourth-order valence-electron chi connectivity index (χ4n) is 1.64. The largest absolute Gasteiger partial charge is 0.399 e. The van der Waals surface area contributed by atoms with Gasteiger partial charge in [0.2, 0.25) is 0 Å². The third kappa shape index (κ3) is 2.71. The Labute approximate surface area is 114 Å². The minimum Gasteiger partial charge on any atom is -0.399 e. The van der Waals surface area contributed by atoms with Crippen LogP contribution in [-0.4, -0.2) is 5.91 Å². The molecule has 0 aromatic heterocycles. The van der Waals surface area contributed by atoms with E-state index in [-0.39, 0.29) is 5.91 Å². The summed E-state index contributed by atoms with van der Waals surface area (Å²) >= 11 is 3.39. The Morgan fingerprint density at radius 1 is 1.22 bits per heavy atom. The summed E-state index contributed by atoms with van der Waals surface area (Å²) in [7, 11) is 0. The second kappa shape index (κ2) is 5.23. The fraction of sp³-hybridized carbons (Fsp3) is 0.0714. The molecule has 0 atom stereocenters. The van der Waals surface area contributed by atoms with E-state index >= 15 is 0 Å². The van der Waals surface area contributed by atoms with Gasteiger partial charge in [0, 0.05) is 15.7 Å². The van der Waals surface area contributed by atoms with Crippen LogP contribution in [-0.2, 0) is 0 Å². The second-order valence-corrected chi connectivity index (χ2v) is 4.86. The van der Waals surface area contributed by atoms with E-state index in [0.717, 1.165) is 15.7 Å². The van der Waals surface area contributed by atoms with Crippen molar-refractivity contribution >= 4 is 33.2 Å². The minimum absolute atomic E-state index is 0.160. The molecule has 0 saturated heterocycles. The van der Waals surface area contributed by atoms with Gasteiger partial charge < -0.3 is 11.1 Å². The standard InChI is InChI=1S/C14H13BrN2O/c1-9-6-7-10(16)8-11(9)14(18)17-13-5-3-2-4-12(13)15/h2-8H,16H2,1H3,(H,17,18). The number of rotatable bonds is 2. The van der Waals surface area contributed by atoms with Crippen molar-refractivity contribution in [3.63, 3.8) is 0 Å². The normalized spacial score (nSPS) is 10.1. The Bertz CT molecular complexity index is 596. The van der Waals surface area contributed by atoms with Crippen molar-refractivity contribution in [1.82, 2.24) is 0 Å². The molecule has 2 aromatic rings. The number of nitrogen functional groups attached to an aromatic ring is 1. The number of para-hydroxylation sites is 1. The third-order valence-corrected chi connectivity index (χ3v) is 3.32. The summed E-state index contributed by atoms with van der Waals surface area (Å²) in [4.78, 5) is 12.2. The average Bonchev–Trinajstić information content (AvgIpc) is 2.35. The molecule has 0 spiro atoms. The van der Waals surface area contributed by atoms with Crippen molar-refractivity contribution in [2.24, 2.45) is 0 Å². The van der Waals surface area contributed by atoms with Crippen LogP contribution in [0.25, 0.3) is 0 Å². The summed E-state index contributed by atoms with van der Waals surface area (Å²) in [6, 6.07) is 12.8. The molecule has 0 aliphatic carbocycles. The highest BCUT2D eigenvalue weighted by atomic mass is 79.9. The topological polar surface area (TPSA) is 55.1 Å². The van der Waals surface area contributed by atoms with Gasteiger partial charge in [-0.05, 0) is 52.7 Å². The van der Waals surface area contributed by atoms with Crippen molar-refractivity contribution in [2.75, 3.05) is 11.1 Å². The van der Waals surface area contributed by atoms with Crippen LogP contribution in [0, 0.1) is 6.92 Å². The van der Waals surface area contributed by atoms with Crippen LogP contribution in [0.15, 0.2) is 46.9 Å². The van der Waals surface area contributed by atoms with Crippen molar-refractivity contribution in [3.8, 4) is 0 Å². The molecule has 18 heavy (non-hydrogen) atoms. The Hall–Kier alpha value is -1.81. The summed E-state index contributed by atoms with van der Waals surface area (Å²) in [5.41, 5.74) is 8.51. The van der Waals surface area contributed by atoms with Crippen molar-refractivity contribution in [1.29, 1.82) is 0 Å². The van der Waals surface area contributed by atoms with Crippen LogP contribution in [0.1, 0.15) is 15.9 Å². The van der Waals surface area contributed by atoms with Crippen LogP contribution in [0.5, 0.6) is 0 Å². The number of benzene rings is 2. The molecule has 0 radical (unpaired) electrons. The molecular weight excluding hydrogens is 292 g/mol. The summed E-state index contributed by atoms with van der Waals surface area (Å²) in [5.74, 6) is -0.160. The molecule has 0 aliphatic heterocycles. The highest BCUT2D eigenvalue weighted by Crippen LogP contribution is 2.22. The predicted octanol–water partition coefficient (Wildman–Crippen LogP) is 3.59. The number of carbonyl (C=O) groups is 1. The predicted molar refractivity (Wildman–Crippen MR) is 77.7 cm³/mol. The van der Waals surface area contributed by atoms with Crippen LogP contribution in [0.2, 0.25) is 0 Å². The number of halogens is 1. The summed E-state index contributed by atoms with van der Waals surface area (Å²) in [6.45, 7) is 1.88. The van der Waals surface area contributed by atoms with E-state index in [1.54, 1.807) is 12.1 Å². The molecule has 92 valence electrons. The lowest BCUT2D eigenvalue weighted by atomic mass is 10.1. The first-order valence-electron chi connectivity index (χ1n) is 5.50. The highest BCUT2D eigenvalue weighted by Gasteiger charge is 2.10. The molecule has 0 bridgehead atoms. The van der Waals surface area contributed by atoms with E-state index in [9.17, 15) is 4.79 Å². The first-order valence-corrected chi connectivity index (χ1v) is 6.29. The van der Waals surface area contributed by atoms with Gasteiger partial charge in [0.05, 0.1) is 5.69 Å². The van der Waals surface area contributed by atoms with Crippen LogP contribution in [0.4, 0.5) is 11.4 Å². The summed E-state index contributed by atoms with van der Waals surface area (Å²) in [6.07, 6.45) is 0. The maximum Gasteiger partial charge on any atom is 0.256 e. The van der Waals surface area contributed by atoms with E-state index in [0.29, 0.717) is 11.3 Å². The Kier molecular flexibility index (Phi) is 3.67. The van der Waals surface area contributed by atoms with Gasteiger partial charge in [-0.3, -0.25) is 4.79 Å². The quantitative estimate of drug-likeness (QED) is 0.833. The van der Waals surface area contributed by atoms with E-state index in [1.807, 2.05) is 37.3 Å². The molecule has 0 heterocycles. The number of nitrogens with one attached hydrogen (secondary N) is 1. The molecule has 0 unspecified atom stereocenters. The van der Waals surface area contributed by atoms with Crippen molar-refractivity contribution < 1.29 is 4.79 Å². The first kappa shape index (κ1) is 12.6. The molecular formula is C14H13BrN2O. The third-order valence-electron chi connectivity index (χ3n) is 2.63. The van der Waals surface area contributed by atoms with Crippen LogP contribution >= 0.6 is 15.9 Å². The Morgan fingerprint density at radius 3 is 2.67 bits per heavy atom. The van der Waals surface area contributed by atoms with E-state index in [2.05, 4.69) is 21.2 Å². The Morgan fingerprint density at radius 2 is 1.94 bits per heavy atom. The number of nitrogens with two attached hydrogens (primary N) is 1. The highest BCUT2D eigenvalue weighted by molar-refractivity contribution is 9.10. The zero-order valence-corrected chi connectivity index (χ0v) is 11.5. The second-order valence-electron chi connectivity index (χ2n) is 4.01. The zero-order valence-electron chi connectivity index (χ0n) is 9.91. The maximum absolute atomic E-state index is 12.2. The smallest absolute Gasteiger partial charge is 0.256 e. The monoisotopic (exact) mass is 304 g/mol. The van der Waals surface area contributed by atoms with Crippen LogP contribution in [0.3, 0.4) is 0 Å². The van der Waals surface area contributed by atoms with Gasteiger partial charge in [-0.15, -0.1) is 0 Å². The van der Waals surface area contributed by atoms with E-state index in [4.69, 9.17) is 5.73 Å². The summed E-state index contributed by atoms with van der Waals surface area (Å²) in [5, 5.41) is 2.85. The molecule has 2 aromatic carbocycles. The number of anilines is 2. The fourth-order valence-corrected chi connectivity index (χ4v) is 2.02. The number of carbonyl (C=O) groups excluding carboxylic acids is 1. The average molecular weight is 305 g/mol. The molecule has 4 heteroatoms. The van der Waals surface area contributed by atoms with Gasteiger partial charge in [0.15, 0.2) is 0 Å². The lowest BCUT2D eigenvalue weighted by Crippen LogP contribution is -2.14. The molecule has 0 aliphatic rings. The molecule has 3 nitrogen and oxygen atoms in total. The molecule has 0 fully saturated rings. The molecule has 3 N–H and O–H groups in total. The summed E-state index contributed by atoms with van der Waals surface area (Å²) < 4.78 is 0.847. The molecule has 2 rings (SSSR count). The number of aryl methyl sites for hydroxylation is 1. The van der Waals surface area contributed by atoms with Gasteiger partial charge in [-0.2, -0.15) is 0 Å². The number of hydrogen-bond acceptors (Lipinski definition) is 2. The lowest BCUT2D eigenvalue weighted by molar-refractivity contribution is 0.102. The van der Waals surface area contributed by atoms with E-state index < -0.39 is 0 Å². The SMILES string of the molecule is Cc1ccc(N)cc1C(=O)Nc1ccccc1Br. The minimum atomic E-state index is -0.160. The number of hydrogen-bond donors (Lipinski definition) is 2. The van der Waals surface area contributed by atoms with Crippen molar-refractivity contribution in [2.45, 2.75) is 6.92 Å². The van der Waals surface area contributed by atoms with Gasteiger partial charge in [0.25, 0.3) is 5.91 Å². The van der Waals surface area contributed by atoms with Gasteiger partial charge in [0.1, 0.15) is 0 Å². The van der Waals surface area contributed by atoms with Crippen molar-refractivity contribution in [3.05, 3.63) is 58.1 Å². The molecule has 0 saturated carbocycles. The van der Waals surface area contributed by atoms with E-state index in [1.165, 1.54) is 0 Å². The zero-order chi connectivity index (χ0) is 13.1. The first-order chi connectivity index (χ1) is 8.58.